The number of Topliss-reactive ketones (excluding diaryl/α,β-unsaturated/α-hetero) is 1. The van der Waals surface area contributed by atoms with Crippen LogP contribution in [-0.4, -0.2) is 46.0 Å². The number of carbonyl (C=O) groups excluding carboxylic acids is 3. The monoisotopic (exact) mass is 501 g/mol. The largest absolute Gasteiger partial charge is 0.508 e. The van der Waals surface area contributed by atoms with Crippen LogP contribution in [0.25, 0.3) is 5.76 Å². The van der Waals surface area contributed by atoms with Gasteiger partial charge in [0.05, 0.1) is 30.4 Å². The normalized spacial score (nSPS) is 16.6. The smallest absolute Gasteiger partial charge is 0.338 e. The number of ketones is 1. The Bertz CT molecular complexity index is 1330. The van der Waals surface area contributed by atoms with Gasteiger partial charge in [0.1, 0.15) is 17.3 Å². The Labute approximate surface area is 214 Å². The molecule has 1 unspecified atom stereocenters. The Hall–Kier alpha value is -4.59. The molecular formula is C29H27NO7. The van der Waals surface area contributed by atoms with Crippen molar-refractivity contribution >= 4 is 23.4 Å². The Morgan fingerprint density at radius 2 is 1.49 bits per heavy atom. The van der Waals surface area contributed by atoms with Gasteiger partial charge in [-0.25, -0.2) is 4.79 Å². The maximum Gasteiger partial charge on any atom is 0.338 e. The van der Waals surface area contributed by atoms with Crippen molar-refractivity contribution in [2.75, 3.05) is 13.2 Å². The van der Waals surface area contributed by atoms with Gasteiger partial charge in [-0.3, -0.25) is 9.59 Å². The molecule has 0 radical (unpaired) electrons. The first-order valence-electron chi connectivity index (χ1n) is 11.9. The minimum atomic E-state index is -0.892. The average Bonchev–Trinajstić information content (AvgIpc) is 3.15. The number of likely N-dealkylation sites (tertiary alicyclic amines) is 1. The van der Waals surface area contributed by atoms with Crippen LogP contribution in [0.2, 0.25) is 0 Å². The summed E-state index contributed by atoms with van der Waals surface area (Å²) in [5.74, 6) is -1.69. The number of aliphatic hydroxyl groups excluding tert-OH is 1. The van der Waals surface area contributed by atoms with Crippen molar-refractivity contribution in [1.29, 1.82) is 0 Å². The molecule has 37 heavy (non-hydrogen) atoms. The lowest BCUT2D eigenvalue weighted by Crippen LogP contribution is -2.29. The fourth-order valence-electron chi connectivity index (χ4n) is 4.23. The summed E-state index contributed by atoms with van der Waals surface area (Å²) in [5, 5.41) is 21.0. The van der Waals surface area contributed by atoms with Crippen molar-refractivity contribution in [3.63, 3.8) is 0 Å². The van der Waals surface area contributed by atoms with Crippen LogP contribution in [0.3, 0.4) is 0 Å². The molecule has 190 valence electrons. The van der Waals surface area contributed by atoms with E-state index in [1.54, 1.807) is 67.6 Å². The van der Waals surface area contributed by atoms with Gasteiger partial charge in [-0.2, -0.15) is 0 Å². The Morgan fingerprint density at radius 1 is 0.865 bits per heavy atom. The standard InChI is InChI=1S/C29H27NO7/c1-3-36-23-15-11-20(12-16-23)26(32)24-25(19-9-13-22(31)14-10-19)30(28(34)27(24)33)17-18-5-7-21(8-6-18)29(35)37-4-2/h5-16,25,31-32H,3-4,17H2,1-2H3/b26-24+. The Kier molecular flexibility index (Phi) is 7.57. The van der Waals surface area contributed by atoms with Gasteiger partial charge in [0.25, 0.3) is 11.7 Å². The zero-order valence-corrected chi connectivity index (χ0v) is 20.5. The molecular weight excluding hydrogens is 474 g/mol. The maximum atomic E-state index is 13.2. The van der Waals surface area contributed by atoms with E-state index in [9.17, 15) is 24.6 Å². The number of ether oxygens (including phenoxy) is 2. The van der Waals surface area contributed by atoms with Gasteiger partial charge in [-0.05, 0) is 73.5 Å². The van der Waals surface area contributed by atoms with Crippen molar-refractivity contribution in [2.45, 2.75) is 26.4 Å². The molecule has 0 bridgehead atoms. The Balaban J connectivity index is 1.74. The minimum Gasteiger partial charge on any atom is -0.508 e. The summed E-state index contributed by atoms with van der Waals surface area (Å²) in [6.07, 6.45) is 0. The van der Waals surface area contributed by atoms with Gasteiger partial charge in [0.15, 0.2) is 0 Å². The van der Waals surface area contributed by atoms with E-state index in [-0.39, 0.29) is 30.2 Å². The van der Waals surface area contributed by atoms with Gasteiger partial charge in [0.2, 0.25) is 0 Å². The molecule has 0 aliphatic carbocycles. The van der Waals surface area contributed by atoms with Crippen molar-refractivity contribution in [2.24, 2.45) is 0 Å². The summed E-state index contributed by atoms with van der Waals surface area (Å²) in [4.78, 5) is 39.8. The third-order valence-electron chi connectivity index (χ3n) is 6.01. The van der Waals surface area contributed by atoms with E-state index in [0.29, 0.717) is 34.6 Å². The zero-order chi connectivity index (χ0) is 26.5. The molecule has 1 atom stereocenters. The lowest BCUT2D eigenvalue weighted by molar-refractivity contribution is -0.140. The van der Waals surface area contributed by atoms with Crippen LogP contribution < -0.4 is 4.74 Å². The summed E-state index contributed by atoms with van der Waals surface area (Å²) in [5.41, 5.74) is 1.91. The van der Waals surface area contributed by atoms with Crippen LogP contribution in [0.5, 0.6) is 11.5 Å². The molecule has 4 rings (SSSR count). The van der Waals surface area contributed by atoms with E-state index in [1.807, 2.05) is 6.92 Å². The molecule has 3 aromatic rings. The maximum absolute atomic E-state index is 13.2. The minimum absolute atomic E-state index is 0.0294. The highest BCUT2D eigenvalue weighted by Gasteiger charge is 2.46. The summed E-state index contributed by atoms with van der Waals surface area (Å²) in [6.45, 7) is 4.38. The zero-order valence-electron chi connectivity index (χ0n) is 20.5. The van der Waals surface area contributed by atoms with Crippen LogP contribution >= 0.6 is 0 Å². The Morgan fingerprint density at radius 3 is 2.08 bits per heavy atom. The molecule has 0 saturated carbocycles. The number of carbonyl (C=O) groups is 3. The lowest BCUT2D eigenvalue weighted by atomic mass is 9.95. The highest BCUT2D eigenvalue weighted by atomic mass is 16.5. The fraction of sp³-hybridized carbons (Fsp3) is 0.207. The van der Waals surface area contributed by atoms with Crippen LogP contribution in [0.4, 0.5) is 0 Å². The molecule has 1 fully saturated rings. The van der Waals surface area contributed by atoms with Crippen molar-refractivity contribution in [3.8, 4) is 11.5 Å². The number of phenols is 1. The molecule has 1 aliphatic rings. The number of aromatic hydroxyl groups is 1. The highest BCUT2D eigenvalue weighted by molar-refractivity contribution is 6.46. The van der Waals surface area contributed by atoms with E-state index in [1.165, 1.54) is 17.0 Å². The number of hydrogen-bond donors (Lipinski definition) is 2. The second kappa shape index (κ2) is 11.0. The molecule has 1 saturated heterocycles. The van der Waals surface area contributed by atoms with E-state index >= 15 is 0 Å². The van der Waals surface area contributed by atoms with Crippen molar-refractivity contribution in [1.82, 2.24) is 4.90 Å². The van der Waals surface area contributed by atoms with Crippen LogP contribution in [0.1, 0.15) is 46.9 Å². The number of aliphatic hydroxyl groups is 1. The van der Waals surface area contributed by atoms with Crippen LogP contribution in [-0.2, 0) is 20.9 Å². The quantitative estimate of drug-likeness (QED) is 0.201. The topological polar surface area (TPSA) is 113 Å². The van der Waals surface area contributed by atoms with Crippen LogP contribution in [0.15, 0.2) is 78.4 Å². The molecule has 8 nitrogen and oxygen atoms in total. The van der Waals surface area contributed by atoms with Crippen molar-refractivity contribution in [3.05, 3.63) is 101 Å². The molecule has 2 N–H and O–H groups in total. The molecule has 1 amide bonds. The second-order valence-corrected chi connectivity index (χ2v) is 8.39. The number of esters is 1. The predicted octanol–water partition coefficient (Wildman–Crippen LogP) is 4.59. The number of benzene rings is 3. The summed E-state index contributed by atoms with van der Waals surface area (Å²) >= 11 is 0. The van der Waals surface area contributed by atoms with E-state index in [4.69, 9.17) is 9.47 Å². The summed E-state index contributed by atoms with van der Waals surface area (Å²) < 4.78 is 10.5. The van der Waals surface area contributed by atoms with Gasteiger partial charge in [0, 0.05) is 12.1 Å². The van der Waals surface area contributed by atoms with Crippen molar-refractivity contribution < 1.29 is 34.1 Å². The SMILES string of the molecule is CCOC(=O)c1ccc(CN2C(=O)C(=O)/C(=C(/O)c3ccc(OCC)cc3)C2c2ccc(O)cc2)cc1. The molecule has 1 heterocycles. The number of phenolic OH excluding ortho intramolecular Hbond substituents is 1. The fourth-order valence-corrected chi connectivity index (χ4v) is 4.23. The van der Waals surface area contributed by atoms with Crippen LogP contribution in [0, 0.1) is 0 Å². The third-order valence-corrected chi connectivity index (χ3v) is 6.01. The number of nitrogens with zero attached hydrogens (tertiary/aromatic N) is 1. The first kappa shape index (κ1) is 25.5. The van der Waals surface area contributed by atoms with E-state index in [0.717, 1.165) is 0 Å². The van der Waals surface area contributed by atoms with E-state index in [2.05, 4.69) is 0 Å². The molecule has 1 aliphatic heterocycles. The molecule has 0 spiro atoms. The average molecular weight is 502 g/mol. The van der Waals surface area contributed by atoms with Gasteiger partial charge < -0.3 is 24.6 Å². The molecule has 0 aromatic heterocycles. The van der Waals surface area contributed by atoms with Gasteiger partial charge >= 0.3 is 5.97 Å². The van der Waals surface area contributed by atoms with Gasteiger partial charge in [-0.1, -0.05) is 24.3 Å². The summed E-state index contributed by atoms with van der Waals surface area (Å²) in [6, 6.07) is 18.4. The third kappa shape index (κ3) is 5.33. The lowest BCUT2D eigenvalue weighted by Gasteiger charge is -2.25. The number of amides is 1. The second-order valence-electron chi connectivity index (χ2n) is 8.39. The molecule has 3 aromatic carbocycles. The summed E-state index contributed by atoms with van der Waals surface area (Å²) in [7, 11) is 0. The van der Waals surface area contributed by atoms with E-state index < -0.39 is 23.7 Å². The van der Waals surface area contributed by atoms with Gasteiger partial charge in [-0.15, -0.1) is 0 Å². The number of hydrogen-bond acceptors (Lipinski definition) is 7. The number of rotatable bonds is 8. The predicted molar refractivity (Wildman–Crippen MR) is 136 cm³/mol. The molecule has 8 heteroatoms. The first-order valence-corrected chi connectivity index (χ1v) is 11.9. The highest BCUT2D eigenvalue weighted by Crippen LogP contribution is 2.40. The first-order chi connectivity index (χ1) is 17.8.